The highest BCUT2D eigenvalue weighted by Crippen LogP contribution is 2.36. The number of benzene rings is 2. The van der Waals surface area contributed by atoms with Crippen molar-refractivity contribution in [1.82, 2.24) is 0 Å². The van der Waals surface area contributed by atoms with E-state index in [2.05, 4.69) is 5.32 Å². The zero-order valence-electron chi connectivity index (χ0n) is 13.7. The summed E-state index contributed by atoms with van der Waals surface area (Å²) in [5.74, 6) is 0.665. The second-order valence-corrected chi connectivity index (χ2v) is 5.65. The topological polar surface area (TPSA) is 51.5 Å². The molecule has 0 bridgehead atoms. The number of para-hydroxylation sites is 1. The predicted molar refractivity (Wildman–Crippen MR) is 93.0 cm³/mol. The van der Waals surface area contributed by atoms with Crippen molar-refractivity contribution in [3.05, 3.63) is 36.4 Å². The Labute approximate surface area is 135 Å². The summed E-state index contributed by atoms with van der Waals surface area (Å²) in [6.45, 7) is 4.04. The predicted octanol–water partition coefficient (Wildman–Crippen LogP) is 4.97. The third-order valence-corrected chi connectivity index (χ3v) is 4.31. The van der Waals surface area contributed by atoms with E-state index >= 15 is 0 Å². The standard InChI is InChI=1S/C19H21NO3/c1-4-12(5-2)19(21)20-15-11-17-14(10-18(15)22-3)13-8-6-7-9-16(13)23-17/h6-12H,4-5H2,1-3H3,(H,20,21). The van der Waals surface area contributed by atoms with Crippen LogP contribution in [0, 0.1) is 5.92 Å². The lowest BCUT2D eigenvalue weighted by molar-refractivity contribution is -0.120. The third kappa shape index (κ3) is 2.77. The zero-order chi connectivity index (χ0) is 16.4. The van der Waals surface area contributed by atoms with Crippen LogP contribution in [0.3, 0.4) is 0 Å². The smallest absolute Gasteiger partial charge is 0.227 e. The van der Waals surface area contributed by atoms with Crippen LogP contribution in [-0.2, 0) is 4.79 Å². The highest BCUT2D eigenvalue weighted by atomic mass is 16.5. The summed E-state index contributed by atoms with van der Waals surface area (Å²) in [4.78, 5) is 12.4. The normalized spacial score (nSPS) is 11.3. The maximum Gasteiger partial charge on any atom is 0.227 e. The molecule has 0 fully saturated rings. The van der Waals surface area contributed by atoms with Gasteiger partial charge in [0.1, 0.15) is 16.9 Å². The number of amides is 1. The first-order valence-corrected chi connectivity index (χ1v) is 7.98. The Morgan fingerprint density at radius 1 is 1.13 bits per heavy atom. The van der Waals surface area contributed by atoms with E-state index in [1.54, 1.807) is 7.11 Å². The molecule has 120 valence electrons. The van der Waals surface area contributed by atoms with Crippen molar-refractivity contribution in [3.8, 4) is 5.75 Å². The molecule has 3 rings (SSSR count). The van der Waals surface area contributed by atoms with Crippen LogP contribution in [0.25, 0.3) is 21.9 Å². The lowest BCUT2D eigenvalue weighted by atomic mass is 10.0. The summed E-state index contributed by atoms with van der Waals surface area (Å²) in [6.07, 6.45) is 1.63. The van der Waals surface area contributed by atoms with E-state index in [9.17, 15) is 4.79 Å². The number of methoxy groups -OCH3 is 1. The van der Waals surface area contributed by atoms with Crippen LogP contribution in [0.1, 0.15) is 26.7 Å². The Morgan fingerprint density at radius 3 is 2.57 bits per heavy atom. The molecule has 0 unspecified atom stereocenters. The fourth-order valence-corrected chi connectivity index (χ4v) is 2.91. The van der Waals surface area contributed by atoms with Crippen molar-refractivity contribution in [3.63, 3.8) is 0 Å². The summed E-state index contributed by atoms with van der Waals surface area (Å²) in [6, 6.07) is 11.6. The summed E-state index contributed by atoms with van der Waals surface area (Å²) < 4.78 is 11.3. The third-order valence-electron chi connectivity index (χ3n) is 4.31. The number of hydrogen-bond acceptors (Lipinski definition) is 3. The summed E-state index contributed by atoms with van der Waals surface area (Å²) in [7, 11) is 1.61. The SMILES string of the molecule is CCC(CC)C(=O)Nc1cc2oc3ccccc3c2cc1OC. The second kappa shape index (κ2) is 6.32. The Balaban J connectivity index is 2.06. The molecular weight excluding hydrogens is 290 g/mol. The quantitative estimate of drug-likeness (QED) is 0.724. The first kappa shape index (κ1) is 15.4. The molecule has 4 nitrogen and oxygen atoms in total. The fourth-order valence-electron chi connectivity index (χ4n) is 2.91. The lowest BCUT2D eigenvalue weighted by Gasteiger charge is -2.15. The zero-order valence-corrected chi connectivity index (χ0v) is 13.7. The number of furan rings is 1. The van der Waals surface area contributed by atoms with Gasteiger partial charge in [0, 0.05) is 22.8 Å². The van der Waals surface area contributed by atoms with E-state index in [0.717, 1.165) is 34.8 Å². The highest BCUT2D eigenvalue weighted by Gasteiger charge is 2.18. The van der Waals surface area contributed by atoms with E-state index in [0.29, 0.717) is 11.4 Å². The molecular formula is C19H21NO3. The molecule has 1 N–H and O–H groups in total. The van der Waals surface area contributed by atoms with E-state index in [-0.39, 0.29) is 11.8 Å². The van der Waals surface area contributed by atoms with Crippen LogP contribution >= 0.6 is 0 Å². The molecule has 0 saturated carbocycles. The number of carbonyl (C=O) groups excluding carboxylic acids is 1. The molecule has 0 aliphatic carbocycles. The molecule has 1 aromatic heterocycles. The molecule has 2 aromatic carbocycles. The van der Waals surface area contributed by atoms with Crippen LogP contribution in [0.2, 0.25) is 0 Å². The van der Waals surface area contributed by atoms with Crippen molar-refractivity contribution in [2.75, 3.05) is 12.4 Å². The van der Waals surface area contributed by atoms with Crippen LogP contribution in [0.5, 0.6) is 5.75 Å². The van der Waals surface area contributed by atoms with E-state index < -0.39 is 0 Å². The van der Waals surface area contributed by atoms with Gasteiger partial charge in [-0.15, -0.1) is 0 Å². The molecule has 0 spiro atoms. The average molecular weight is 311 g/mol. The van der Waals surface area contributed by atoms with Gasteiger partial charge in [-0.25, -0.2) is 0 Å². The van der Waals surface area contributed by atoms with Gasteiger partial charge in [-0.1, -0.05) is 32.0 Å². The maximum absolute atomic E-state index is 12.4. The van der Waals surface area contributed by atoms with E-state index in [1.807, 2.05) is 50.2 Å². The van der Waals surface area contributed by atoms with Crippen molar-refractivity contribution in [2.45, 2.75) is 26.7 Å². The first-order valence-electron chi connectivity index (χ1n) is 7.98. The van der Waals surface area contributed by atoms with Gasteiger partial charge < -0.3 is 14.5 Å². The number of ether oxygens (including phenoxy) is 1. The Kier molecular flexibility index (Phi) is 4.24. The van der Waals surface area contributed by atoms with Gasteiger partial charge in [-0.05, 0) is 25.0 Å². The molecule has 1 amide bonds. The van der Waals surface area contributed by atoms with Gasteiger partial charge in [0.2, 0.25) is 5.91 Å². The van der Waals surface area contributed by atoms with Gasteiger partial charge in [0.25, 0.3) is 0 Å². The van der Waals surface area contributed by atoms with Crippen molar-refractivity contribution < 1.29 is 13.9 Å². The number of nitrogens with one attached hydrogen (secondary N) is 1. The second-order valence-electron chi connectivity index (χ2n) is 5.65. The molecule has 4 heteroatoms. The summed E-state index contributed by atoms with van der Waals surface area (Å²) >= 11 is 0. The number of fused-ring (bicyclic) bond motifs is 3. The minimum Gasteiger partial charge on any atom is -0.495 e. The Morgan fingerprint density at radius 2 is 1.87 bits per heavy atom. The number of anilines is 1. The molecule has 0 aliphatic heterocycles. The number of carbonyl (C=O) groups is 1. The Bertz CT molecular complexity index is 846. The van der Waals surface area contributed by atoms with E-state index in [1.165, 1.54) is 0 Å². The molecule has 3 aromatic rings. The van der Waals surface area contributed by atoms with Crippen LogP contribution in [0.15, 0.2) is 40.8 Å². The van der Waals surface area contributed by atoms with Crippen LogP contribution < -0.4 is 10.1 Å². The number of rotatable bonds is 5. The summed E-state index contributed by atoms with van der Waals surface area (Å²) in [5.41, 5.74) is 2.22. The minimum absolute atomic E-state index is 0.00563. The molecule has 0 atom stereocenters. The van der Waals surface area contributed by atoms with Crippen LogP contribution in [0.4, 0.5) is 5.69 Å². The minimum atomic E-state index is 0.00563. The monoisotopic (exact) mass is 311 g/mol. The van der Waals surface area contributed by atoms with E-state index in [4.69, 9.17) is 9.15 Å². The van der Waals surface area contributed by atoms with Gasteiger partial charge in [0.05, 0.1) is 12.8 Å². The summed E-state index contributed by atoms with van der Waals surface area (Å²) in [5, 5.41) is 5.00. The Hall–Kier alpha value is -2.49. The van der Waals surface area contributed by atoms with Crippen LogP contribution in [-0.4, -0.2) is 13.0 Å². The lowest BCUT2D eigenvalue weighted by Crippen LogP contribution is -2.21. The fraction of sp³-hybridized carbons (Fsp3) is 0.316. The highest BCUT2D eigenvalue weighted by molar-refractivity contribution is 6.07. The van der Waals surface area contributed by atoms with Gasteiger partial charge >= 0.3 is 0 Å². The number of hydrogen-bond donors (Lipinski definition) is 1. The first-order chi connectivity index (χ1) is 11.2. The van der Waals surface area contributed by atoms with Crippen molar-refractivity contribution >= 4 is 33.5 Å². The molecule has 0 radical (unpaired) electrons. The van der Waals surface area contributed by atoms with Crippen molar-refractivity contribution in [2.24, 2.45) is 5.92 Å². The average Bonchev–Trinajstić information content (AvgIpc) is 2.92. The molecule has 0 saturated heterocycles. The maximum atomic E-state index is 12.4. The molecule has 1 heterocycles. The molecule has 0 aliphatic rings. The van der Waals surface area contributed by atoms with Gasteiger partial charge in [-0.2, -0.15) is 0 Å². The van der Waals surface area contributed by atoms with Crippen molar-refractivity contribution in [1.29, 1.82) is 0 Å². The van der Waals surface area contributed by atoms with Gasteiger partial charge in [0.15, 0.2) is 0 Å². The largest absolute Gasteiger partial charge is 0.495 e. The molecule has 23 heavy (non-hydrogen) atoms. The van der Waals surface area contributed by atoms with Gasteiger partial charge in [-0.3, -0.25) is 4.79 Å².